The molecule has 27 heavy (non-hydrogen) atoms. The largest absolute Gasteiger partial charge is 0.385 e. The Bertz CT molecular complexity index is 773. The van der Waals surface area contributed by atoms with Gasteiger partial charge in [-0.05, 0) is 25.6 Å². The van der Waals surface area contributed by atoms with Crippen molar-refractivity contribution in [2.45, 2.75) is 6.42 Å². The quantitative estimate of drug-likeness (QED) is 0.531. The topological polar surface area (TPSA) is 53.1 Å². The zero-order chi connectivity index (χ0) is 19.6. The Labute approximate surface area is 169 Å². The number of nitrogens with zero attached hydrogens (tertiary/aromatic N) is 3. The van der Waals surface area contributed by atoms with Gasteiger partial charge in [-0.1, -0.05) is 29.3 Å². The number of benzene rings is 1. The van der Waals surface area contributed by atoms with Crippen LogP contribution in [0.1, 0.15) is 12.0 Å². The van der Waals surface area contributed by atoms with Gasteiger partial charge in [-0.15, -0.1) is 0 Å². The van der Waals surface area contributed by atoms with Gasteiger partial charge in [0.2, 0.25) is 0 Å². The Balaban J connectivity index is 2.00. The standard InChI is InChI=1S/C19H23Cl2N3O3/c1-22-7-9-23(10-8-22)17-16(14-5-4-13(20)12-15(14)21)18(25)24(19(17)26)6-3-11-27-2/h4-5,12H,3,6-11H2,1-2H3. The van der Waals surface area contributed by atoms with Crippen molar-refractivity contribution in [3.63, 3.8) is 0 Å². The molecule has 2 heterocycles. The number of rotatable bonds is 6. The SMILES string of the molecule is COCCCN1C(=O)C(c2ccc(Cl)cc2Cl)=C(N2CCN(C)CC2)C1=O. The number of carbonyl (C=O) groups excluding carboxylic acids is 2. The first kappa shape index (κ1) is 20.1. The van der Waals surface area contributed by atoms with Crippen molar-refractivity contribution in [3.8, 4) is 0 Å². The third-order valence-electron chi connectivity index (χ3n) is 4.89. The van der Waals surface area contributed by atoms with Gasteiger partial charge < -0.3 is 14.5 Å². The number of piperazine rings is 1. The average molecular weight is 412 g/mol. The summed E-state index contributed by atoms with van der Waals surface area (Å²) in [6.45, 7) is 3.83. The summed E-state index contributed by atoms with van der Waals surface area (Å²) in [7, 11) is 3.64. The lowest BCUT2D eigenvalue weighted by Crippen LogP contribution is -2.46. The van der Waals surface area contributed by atoms with Crippen LogP contribution in [0.4, 0.5) is 0 Å². The van der Waals surface area contributed by atoms with Crippen molar-refractivity contribution < 1.29 is 14.3 Å². The molecular weight excluding hydrogens is 389 g/mol. The highest BCUT2D eigenvalue weighted by atomic mass is 35.5. The van der Waals surface area contributed by atoms with E-state index in [9.17, 15) is 9.59 Å². The van der Waals surface area contributed by atoms with Gasteiger partial charge >= 0.3 is 0 Å². The molecule has 8 heteroatoms. The van der Waals surface area contributed by atoms with Crippen LogP contribution in [0.5, 0.6) is 0 Å². The first-order valence-electron chi connectivity index (χ1n) is 8.92. The summed E-state index contributed by atoms with van der Waals surface area (Å²) in [4.78, 5) is 31.8. The maximum Gasteiger partial charge on any atom is 0.277 e. The molecule has 2 aliphatic rings. The molecule has 0 bridgehead atoms. The van der Waals surface area contributed by atoms with Crippen LogP contribution in [0.15, 0.2) is 23.9 Å². The predicted octanol–water partition coefficient (Wildman–Crippen LogP) is 2.36. The molecule has 3 rings (SSSR count). The van der Waals surface area contributed by atoms with E-state index in [0.29, 0.717) is 59.5 Å². The lowest BCUT2D eigenvalue weighted by Gasteiger charge is -2.34. The van der Waals surface area contributed by atoms with E-state index in [0.717, 1.165) is 13.1 Å². The molecule has 0 atom stereocenters. The second-order valence-corrected chi connectivity index (χ2v) is 7.59. The summed E-state index contributed by atoms with van der Waals surface area (Å²) in [5.74, 6) is -0.573. The third kappa shape index (κ3) is 4.14. The number of amides is 2. The predicted molar refractivity (Wildman–Crippen MR) is 106 cm³/mol. The molecule has 0 unspecified atom stereocenters. The van der Waals surface area contributed by atoms with E-state index in [-0.39, 0.29) is 11.8 Å². The van der Waals surface area contributed by atoms with Crippen LogP contribution in [-0.2, 0) is 14.3 Å². The molecule has 0 spiro atoms. The van der Waals surface area contributed by atoms with E-state index in [1.165, 1.54) is 4.90 Å². The summed E-state index contributed by atoms with van der Waals surface area (Å²) in [5.41, 5.74) is 1.35. The third-order valence-corrected chi connectivity index (χ3v) is 5.44. The first-order valence-corrected chi connectivity index (χ1v) is 9.68. The van der Waals surface area contributed by atoms with Gasteiger partial charge in [0.15, 0.2) is 0 Å². The summed E-state index contributed by atoms with van der Waals surface area (Å²) in [5, 5.41) is 0.850. The number of hydrogen-bond acceptors (Lipinski definition) is 5. The highest BCUT2D eigenvalue weighted by Crippen LogP contribution is 2.36. The minimum atomic E-state index is -0.311. The summed E-state index contributed by atoms with van der Waals surface area (Å²) in [6.07, 6.45) is 0.589. The molecule has 1 fully saturated rings. The van der Waals surface area contributed by atoms with Crippen molar-refractivity contribution in [1.29, 1.82) is 0 Å². The van der Waals surface area contributed by atoms with E-state index in [2.05, 4.69) is 4.90 Å². The van der Waals surface area contributed by atoms with E-state index in [4.69, 9.17) is 27.9 Å². The van der Waals surface area contributed by atoms with Crippen LogP contribution in [0.25, 0.3) is 5.57 Å². The Morgan fingerprint density at radius 3 is 2.41 bits per heavy atom. The Hall–Kier alpha value is -1.60. The van der Waals surface area contributed by atoms with Gasteiger partial charge in [0.1, 0.15) is 5.70 Å². The van der Waals surface area contributed by atoms with E-state index in [1.807, 2.05) is 11.9 Å². The van der Waals surface area contributed by atoms with Gasteiger partial charge in [0.05, 0.1) is 10.6 Å². The molecule has 0 aliphatic carbocycles. The van der Waals surface area contributed by atoms with E-state index < -0.39 is 0 Å². The molecule has 0 saturated carbocycles. The normalized spacial score (nSPS) is 18.8. The number of likely N-dealkylation sites (N-methyl/N-ethyl adjacent to an activating group) is 1. The lowest BCUT2D eigenvalue weighted by molar-refractivity contribution is -0.137. The number of halogens is 2. The maximum absolute atomic E-state index is 13.1. The highest BCUT2D eigenvalue weighted by molar-refractivity contribution is 6.41. The maximum atomic E-state index is 13.1. The number of imide groups is 1. The number of hydrogen-bond donors (Lipinski definition) is 0. The van der Waals surface area contributed by atoms with Crippen molar-refractivity contribution >= 4 is 40.6 Å². The van der Waals surface area contributed by atoms with Gasteiger partial charge in [0, 0.05) is 57.0 Å². The van der Waals surface area contributed by atoms with Crippen molar-refractivity contribution in [1.82, 2.24) is 14.7 Å². The molecule has 0 aromatic heterocycles. The van der Waals surface area contributed by atoms with Crippen LogP contribution in [0, 0.1) is 0 Å². The fraction of sp³-hybridized carbons (Fsp3) is 0.474. The van der Waals surface area contributed by atoms with Crippen molar-refractivity contribution in [3.05, 3.63) is 39.5 Å². The van der Waals surface area contributed by atoms with Gasteiger partial charge in [-0.3, -0.25) is 14.5 Å². The Morgan fingerprint density at radius 1 is 1.07 bits per heavy atom. The average Bonchev–Trinajstić information content (AvgIpc) is 2.87. The molecule has 146 valence electrons. The minimum absolute atomic E-state index is 0.262. The first-order chi connectivity index (χ1) is 12.9. The molecule has 0 radical (unpaired) electrons. The summed E-state index contributed by atoms with van der Waals surface area (Å²) >= 11 is 12.4. The fourth-order valence-electron chi connectivity index (χ4n) is 3.39. The highest BCUT2D eigenvalue weighted by Gasteiger charge is 2.42. The van der Waals surface area contributed by atoms with Gasteiger partial charge in [-0.2, -0.15) is 0 Å². The Kier molecular flexibility index (Phi) is 6.42. The van der Waals surface area contributed by atoms with Crippen LogP contribution < -0.4 is 0 Å². The second kappa shape index (κ2) is 8.61. The number of ether oxygens (including phenoxy) is 1. The van der Waals surface area contributed by atoms with Crippen LogP contribution >= 0.6 is 23.2 Å². The molecular formula is C19H23Cl2N3O3. The minimum Gasteiger partial charge on any atom is -0.385 e. The fourth-order valence-corrected chi connectivity index (χ4v) is 3.89. The molecule has 1 saturated heterocycles. The number of methoxy groups -OCH3 is 1. The van der Waals surface area contributed by atoms with Crippen molar-refractivity contribution in [2.24, 2.45) is 0 Å². The van der Waals surface area contributed by atoms with Crippen LogP contribution in [-0.4, -0.2) is 80.0 Å². The lowest BCUT2D eigenvalue weighted by atomic mass is 10.0. The van der Waals surface area contributed by atoms with Crippen LogP contribution in [0.2, 0.25) is 10.0 Å². The molecule has 2 aliphatic heterocycles. The zero-order valence-corrected chi connectivity index (χ0v) is 17.0. The van der Waals surface area contributed by atoms with Gasteiger partial charge in [-0.25, -0.2) is 0 Å². The molecule has 1 aromatic carbocycles. The molecule has 2 amide bonds. The number of carbonyl (C=O) groups is 2. The smallest absolute Gasteiger partial charge is 0.277 e. The van der Waals surface area contributed by atoms with Crippen LogP contribution in [0.3, 0.4) is 0 Å². The monoisotopic (exact) mass is 411 g/mol. The molecule has 0 N–H and O–H groups in total. The molecule has 1 aromatic rings. The molecule has 6 nitrogen and oxygen atoms in total. The van der Waals surface area contributed by atoms with Crippen molar-refractivity contribution in [2.75, 3.05) is 53.5 Å². The zero-order valence-electron chi connectivity index (χ0n) is 15.5. The van der Waals surface area contributed by atoms with E-state index >= 15 is 0 Å². The van der Waals surface area contributed by atoms with E-state index in [1.54, 1.807) is 25.3 Å². The van der Waals surface area contributed by atoms with Gasteiger partial charge in [0.25, 0.3) is 11.8 Å². The second-order valence-electron chi connectivity index (χ2n) is 6.75. The summed E-state index contributed by atoms with van der Waals surface area (Å²) < 4.78 is 5.06. The summed E-state index contributed by atoms with van der Waals surface area (Å²) in [6, 6.07) is 4.99. The Morgan fingerprint density at radius 2 is 1.78 bits per heavy atom.